The van der Waals surface area contributed by atoms with E-state index in [2.05, 4.69) is 15.4 Å². The van der Waals surface area contributed by atoms with E-state index >= 15 is 0 Å². The minimum Gasteiger partial charge on any atom is -0.496 e. The predicted octanol–water partition coefficient (Wildman–Crippen LogP) is 4.26. The number of unbranched alkanes of at least 4 members (excludes halogenated alkanes) is 2. The molecule has 9 nitrogen and oxygen atoms in total. The average molecular weight is 490 g/mol. The quantitative estimate of drug-likeness (QED) is 0.278. The number of ether oxygens (including phenoxy) is 1. The minimum absolute atomic E-state index is 0.178. The Morgan fingerprint density at radius 3 is 2.37 bits per heavy atom. The number of nitrogens with zero attached hydrogens (tertiary/aromatic N) is 4. The number of hydrogen-bond donors (Lipinski definition) is 1. The normalized spacial score (nSPS) is 12.9. The molecule has 0 atom stereocenters. The Kier molecular flexibility index (Phi) is 6.28. The molecule has 178 valence electrons. The number of imide groups is 1. The fourth-order valence-corrected chi connectivity index (χ4v) is 4.96. The Morgan fingerprint density at radius 2 is 1.66 bits per heavy atom. The van der Waals surface area contributed by atoms with Crippen LogP contribution in [0.2, 0.25) is 0 Å². The molecule has 3 heterocycles. The number of fused-ring (bicyclic) bond motifs is 2. The van der Waals surface area contributed by atoms with Gasteiger partial charge in [0.1, 0.15) is 5.75 Å². The fraction of sp³-hybridized carbons (Fsp3) is 0.240. The van der Waals surface area contributed by atoms with Gasteiger partial charge in [-0.25, -0.2) is 4.52 Å². The van der Waals surface area contributed by atoms with Gasteiger partial charge in [0, 0.05) is 23.9 Å². The third-order valence-electron chi connectivity index (χ3n) is 5.88. The van der Waals surface area contributed by atoms with Crippen molar-refractivity contribution < 1.29 is 19.1 Å². The molecule has 0 aliphatic carbocycles. The topological polar surface area (TPSA) is 106 Å². The Hall–Kier alpha value is -4.05. The number of thiazole rings is 1. The number of amides is 3. The summed E-state index contributed by atoms with van der Waals surface area (Å²) < 4.78 is 7.14. The smallest absolute Gasteiger partial charge is 0.261 e. The van der Waals surface area contributed by atoms with Crippen molar-refractivity contribution in [3.05, 3.63) is 65.0 Å². The zero-order valence-electron chi connectivity index (χ0n) is 19.1. The van der Waals surface area contributed by atoms with E-state index in [0.29, 0.717) is 48.3 Å². The van der Waals surface area contributed by atoms with Crippen molar-refractivity contribution >= 4 is 40.0 Å². The standard InChI is InChI=1S/C25H23N5O4S/c1-34-20-12-7-6-11-18(20)19-15-35-25-27-24(28-30(19)25)26-21(31)13-3-2-8-14-29-22(32)16-9-4-5-10-17(16)23(29)33/h4-7,9-12,15H,2-3,8,13-14H2,1H3,(H,26,28,31). The van der Waals surface area contributed by atoms with Gasteiger partial charge in [-0.15, -0.1) is 16.4 Å². The van der Waals surface area contributed by atoms with Gasteiger partial charge in [0.2, 0.25) is 16.8 Å². The Morgan fingerprint density at radius 1 is 0.971 bits per heavy atom. The molecule has 35 heavy (non-hydrogen) atoms. The highest BCUT2D eigenvalue weighted by molar-refractivity contribution is 7.15. The summed E-state index contributed by atoms with van der Waals surface area (Å²) >= 11 is 1.43. The Labute approximate surface area is 205 Å². The molecule has 0 spiro atoms. The Balaban J connectivity index is 1.12. The molecule has 10 heteroatoms. The second-order valence-electron chi connectivity index (χ2n) is 8.12. The number of para-hydroxylation sites is 1. The lowest BCUT2D eigenvalue weighted by atomic mass is 10.1. The van der Waals surface area contributed by atoms with Crippen LogP contribution in [-0.2, 0) is 4.79 Å². The molecule has 1 aliphatic rings. The van der Waals surface area contributed by atoms with Crippen LogP contribution in [0.1, 0.15) is 46.4 Å². The van der Waals surface area contributed by atoms with Crippen LogP contribution in [0.15, 0.2) is 53.9 Å². The van der Waals surface area contributed by atoms with Crippen molar-refractivity contribution in [1.29, 1.82) is 0 Å². The van der Waals surface area contributed by atoms with Gasteiger partial charge >= 0.3 is 0 Å². The molecule has 2 aromatic heterocycles. The van der Waals surface area contributed by atoms with Crippen LogP contribution in [0.5, 0.6) is 5.75 Å². The minimum atomic E-state index is -0.248. The molecule has 2 aromatic carbocycles. The summed E-state index contributed by atoms with van der Waals surface area (Å²) in [5.74, 6) is 0.310. The van der Waals surface area contributed by atoms with E-state index in [-0.39, 0.29) is 23.7 Å². The van der Waals surface area contributed by atoms with Crippen LogP contribution < -0.4 is 10.1 Å². The zero-order chi connectivity index (χ0) is 24.4. The summed E-state index contributed by atoms with van der Waals surface area (Å²) in [6.07, 6.45) is 2.28. The number of anilines is 1. The van der Waals surface area contributed by atoms with E-state index in [9.17, 15) is 14.4 Å². The van der Waals surface area contributed by atoms with Crippen LogP contribution in [0.4, 0.5) is 5.95 Å². The average Bonchev–Trinajstić information content (AvgIpc) is 3.52. The fourth-order valence-electron chi connectivity index (χ4n) is 4.14. The SMILES string of the molecule is COc1ccccc1-c1csc2nc(NC(=O)CCCCCN3C(=O)c4ccccc4C3=O)nn12. The van der Waals surface area contributed by atoms with E-state index in [1.54, 1.807) is 35.9 Å². The van der Waals surface area contributed by atoms with Crippen molar-refractivity contribution in [2.24, 2.45) is 0 Å². The molecule has 5 rings (SSSR count). The number of hydrogen-bond acceptors (Lipinski definition) is 7. The first-order valence-electron chi connectivity index (χ1n) is 11.3. The third kappa shape index (κ3) is 4.40. The summed E-state index contributed by atoms with van der Waals surface area (Å²) in [6, 6.07) is 14.5. The molecule has 0 bridgehead atoms. The first-order valence-corrected chi connectivity index (χ1v) is 12.2. The number of carbonyl (C=O) groups is 3. The van der Waals surface area contributed by atoms with Crippen molar-refractivity contribution in [2.75, 3.05) is 19.0 Å². The summed E-state index contributed by atoms with van der Waals surface area (Å²) in [4.78, 5) is 43.6. The highest BCUT2D eigenvalue weighted by Gasteiger charge is 2.34. The first kappa shape index (κ1) is 22.7. The molecule has 1 N–H and O–H groups in total. The summed E-state index contributed by atoms with van der Waals surface area (Å²) in [6.45, 7) is 0.346. The summed E-state index contributed by atoms with van der Waals surface area (Å²) in [5.41, 5.74) is 2.64. The molecular weight excluding hydrogens is 466 g/mol. The lowest BCUT2D eigenvalue weighted by molar-refractivity contribution is -0.116. The maximum Gasteiger partial charge on any atom is 0.261 e. The number of rotatable bonds is 9. The number of nitrogens with one attached hydrogen (secondary N) is 1. The molecular formula is C25H23N5O4S. The second-order valence-corrected chi connectivity index (χ2v) is 8.95. The number of methoxy groups -OCH3 is 1. The number of benzene rings is 2. The highest BCUT2D eigenvalue weighted by atomic mass is 32.1. The van der Waals surface area contributed by atoms with E-state index < -0.39 is 0 Å². The molecule has 0 unspecified atom stereocenters. The molecule has 3 amide bonds. The molecule has 0 radical (unpaired) electrons. The number of aromatic nitrogens is 3. The molecule has 0 saturated carbocycles. The van der Waals surface area contributed by atoms with Gasteiger partial charge < -0.3 is 4.74 Å². The Bertz CT molecular complexity index is 1390. The van der Waals surface area contributed by atoms with E-state index in [0.717, 1.165) is 17.0 Å². The maximum atomic E-state index is 12.4. The van der Waals surface area contributed by atoms with Crippen molar-refractivity contribution in [3.63, 3.8) is 0 Å². The summed E-state index contributed by atoms with van der Waals surface area (Å²) in [5, 5.41) is 9.15. The van der Waals surface area contributed by atoms with Crippen LogP contribution in [-0.4, -0.2) is 50.9 Å². The largest absolute Gasteiger partial charge is 0.496 e. The maximum absolute atomic E-state index is 12.4. The highest BCUT2D eigenvalue weighted by Crippen LogP contribution is 2.32. The zero-order valence-corrected chi connectivity index (χ0v) is 19.9. The summed E-state index contributed by atoms with van der Waals surface area (Å²) in [7, 11) is 1.62. The lowest BCUT2D eigenvalue weighted by Gasteiger charge is -2.13. The van der Waals surface area contributed by atoms with Gasteiger partial charge in [0.05, 0.1) is 23.9 Å². The van der Waals surface area contributed by atoms with Gasteiger partial charge in [0.25, 0.3) is 11.8 Å². The van der Waals surface area contributed by atoms with Crippen molar-refractivity contribution in [3.8, 4) is 17.0 Å². The molecule has 4 aromatic rings. The molecule has 0 saturated heterocycles. The predicted molar refractivity (Wildman–Crippen MR) is 132 cm³/mol. The van der Waals surface area contributed by atoms with E-state index in [1.165, 1.54) is 16.2 Å². The van der Waals surface area contributed by atoms with Gasteiger partial charge in [-0.2, -0.15) is 4.98 Å². The van der Waals surface area contributed by atoms with Crippen LogP contribution in [0.3, 0.4) is 0 Å². The van der Waals surface area contributed by atoms with Gasteiger partial charge in [0.15, 0.2) is 0 Å². The molecule has 0 fully saturated rings. The van der Waals surface area contributed by atoms with E-state index in [4.69, 9.17) is 4.74 Å². The van der Waals surface area contributed by atoms with Crippen molar-refractivity contribution in [1.82, 2.24) is 19.5 Å². The van der Waals surface area contributed by atoms with Crippen LogP contribution in [0.25, 0.3) is 16.2 Å². The molecule has 1 aliphatic heterocycles. The first-order chi connectivity index (χ1) is 17.1. The van der Waals surface area contributed by atoms with E-state index in [1.807, 2.05) is 29.6 Å². The van der Waals surface area contributed by atoms with Gasteiger partial charge in [-0.05, 0) is 37.1 Å². The lowest BCUT2D eigenvalue weighted by Crippen LogP contribution is -2.30. The van der Waals surface area contributed by atoms with Crippen LogP contribution >= 0.6 is 11.3 Å². The third-order valence-corrected chi connectivity index (χ3v) is 6.70. The number of carbonyl (C=O) groups excluding carboxylic acids is 3. The van der Waals surface area contributed by atoms with Gasteiger partial charge in [-0.3, -0.25) is 24.6 Å². The second kappa shape index (κ2) is 9.67. The van der Waals surface area contributed by atoms with Gasteiger partial charge in [-0.1, -0.05) is 30.7 Å². The van der Waals surface area contributed by atoms with Crippen molar-refractivity contribution in [2.45, 2.75) is 25.7 Å². The van der Waals surface area contributed by atoms with Crippen LogP contribution in [0, 0.1) is 0 Å². The monoisotopic (exact) mass is 489 g/mol.